The van der Waals surface area contributed by atoms with E-state index in [4.69, 9.17) is 0 Å². The van der Waals surface area contributed by atoms with E-state index in [9.17, 15) is 15.0 Å². The molecule has 142 valence electrons. The molecule has 0 aliphatic heterocycles. The van der Waals surface area contributed by atoms with Gasteiger partial charge >= 0.3 is 0 Å². The number of allylic oxidation sites excluding steroid dienone is 1. The summed E-state index contributed by atoms with van der Waals surface area (Å²) < 4.78 is 0. The highest BCUT2D eigenvalue weighted by molar-refractivity contribution is 5.99. The Morgan fingerprint density at radius 2 is 1.21 bits per heavy atom. The molecular formula is C25H24O3. The van der Waals surface area contributed by atoms with E-state index in [1.165, 1.54) is 5.57 Å². The summed E-state index contributed by atoms with van der Waals surface area (Å²) in [5.74, 6) is 0.443. The number of aromatic hydroxyl groups is 2. The summed E-state index contributed by atoms with van der Waals surface area (Å²) in [6.45, 7) is 2.16. The molecule has 3 heteroatoms. The maximum atomic E-state index is 11.0. The van der Waals surface area contributed by atoms with Gasteiger partial charge in [0.05, 0.1) is 0 Å². The fourth-order valence-electron chi connectivity index (χ4n) is 3.30. The summed E-state index contributed by atoms with van der Waals surface area (Å²) in [5.41, 5.74) is 5.94. The van der Waals surface area contributed by atoms with Gasteiger partial charge < -0.3 is 10.2 Å². The number of aldehydes is 1. The Bertz CT molecular complexity index is 903. The molecular weight excluding hydrogens is 348 g/mol. The van der Waals surface area contributed by atoms with Crippen LogP contribution in [0.3, 0.4) is 0 Å². The van der Waals surface area contributed by atoms with Gasteiger partial charge in [-0.1, -0.05) is 61.9 Å². The zero-order valence-electron chi connectivity index (χ0n) is 15.9. The van der Waals surface area contributed by atoms with Gasteiger partial charge in [0.1, 0.15) is 17.8 Å². The maximum absolute atomic E-state index is 11.0. The predicted octanol–water partition coefficient (Wildman–Crippen LogP) is 6.06. The summed E-state index contributed by atoms with van der Waals surface area (Å²) in [5, 5.41) is 19.4. The minimum atomic E-state index is 0.222. The zero-order valence-corrected chi connectivity index (χ0v) is 15.9. The minimum Gasteiger partial charge on any atom is -0.508 e. The molecule has 0 unspecified atom stereocenters. The van der Waals surface area contributed by atoms with E-state index in [-0.39, 0.29) is 11.5 Å². The number of rotatable bonds is 7. The van der Waals surface area contributed by atoms with Crippen molar-refractivity contribution in [3.8, 4) is 11.5 Å². The van der Waals surface area contributed by atoms with Crippen LogP contribution in [0.4, 0.5) is 0 Å². The number of hydrogen-bond acceptors (Lipinski definition) is 3. The standard InChI is InChI=1S/C25H24O3/c1-2-3-4-24(19-7-5-18(17-26)6-8-19)25(20-9-13-22(27)14-10-20)21-11-15-23(28)16-12-21/h5-17,27-28H,2-4H2,1H3. The number of benzene rings is 3. The molecule has 0 spiro atoms. The first-order chi connectivity index (χ1) is 13.6. The molecule has 0 heterocycles. The Balaban J connectivity index is 2.25. The lowest BCUT2D eigenvalue weighted by atomic mass is 9.86. The number of hydrogen-bond donors (Lipinski definition) is 2. The molecule has 0 saturated carbocycles. The van der Waals surface area contributed by atoms with E-state index in [1.54, 1.807) is 24.3 Å². The van der Waals surface area contributed by atoms with Crippen molar-refractivity contribution in [1.29, 1.82) is 0 Å². The van der Waals surface area contributed by atoms with Crippen LogP contribution in [0.25, 0.3) is 11.1 Å². The third kappa shape index (κ3) is 4.49. The van der Waals surface area contributed by atoms with Crippen molar-refractivity contribution in [1.82, 2.24) is 0 Å². The van der Waals surface area contributed by atoms with Crippen molar-refractivity contribution in [2.75, 3.05) is 0 Å². The normalized spacial score (nSPS) is 10.5. The molecule has 3 aromatic rings. The predicted molar refractivity (Wildman–Crippen MR) is 113 cm³/mol. The second kappa shape index (κ2) is 9.05. The van der Waals surface area contributed by atoms with Crippen LogP contribution in [-0.2, 0) is 0 Å². The quantitative estimate of drug-likeness (QED) is 0.391. The van der Waals surface area contributed by atoms with Gasteiger partial charge in [-0.3, -0.25) is 4.79 Å². The number of carbonyl (C=O) groups excluding carboxylic acids is 1. The Morgan fingerprint density at radius 1 is 0.750 bits per heavy atom. The van der Waals surface area contributed by atoms with Crippen molar-refractivity contribution in [2.45, 2.75) is 26.2 Å². The van der Waals surface area contributed by atoms with E-state index in [2.05, 4.69) is 6.92 Å². The van der Waals surface area contributed by atoms with Crippen LogP contribution in [0.2, 0.25) is 0 Å². The van der Waals surface area contributed by atoms with Gasteiger partial charge in [0.2, 0.25) is 0 Å². The summed E-state index contributed by atoms with van der Waals surface area (Å²) in [7, 11) is 0. The average Bonchev–Trinajstić information content (AvgIpc) is 2.73. The zero-order chi connectivity index (χ0) is 19.9. The fraction of sp³-hybridized carbons (Fsp3) is 0.160. The summed E-state index contributed by atoms with van der Waals surface area (Å²) in [6, 6.07) is 22.0. The number of carbonyl (C=O) groups is 1. The molecule has 3 aromatic carbocycles. The molecule has 0 amide bonds. The molecule has 0 saturated heterocycles. The smallest absolute Gasteiger partial charge is 0.150 e. The minimum absolute atomic E-state index is 0.222. The summed E-state index contributed by atoms with van der Waals surface area (Å²) in [6.07, 6.45) is 3.83. The van der Waals surface area contributed by atoms with Gasteiger partial charge in [-0.2, -0.15) is 0 Å². The molecule has 0 bridgehead atoms. The third-order valence-electron chi connectivity index (χ3n) is 4.79. The van der Waals surface area contributed by atoms with Crippen LogP contribution in [0.1, 0.15) is 53.2 Å². The highest BCUT2D eigenvalue weighted by Gasteiger charge is 2.14. The Labute approximate surface area is 165 Å². The maximum Gasteiger partial charge on any atom is 0.150 e. The summed E-state index contributed by atoms with van der Waals surface area (Å²) in [4.78, 5) is 11.0. The van der Waals surface area contributed by atoms with Crippen molar-refractivity contribution in [3.63, 3.8) is 0 Å². The molecule has 0 fully saturated rings. The molecule has 0 radical (unpaired) electrons. The number of phenols is 2. The van der Waals surface area contributed by atoms with E-state index < -0.39 is 0 Å². The Morgan fingerprint density at radius 3 is 1.64 bits per heavy atom. The van der Waals surface area contributed by atoms with Crippen LogP contribution in [0.5, 0.6) is 11.5 Å². The van der Waals surface area contributed by atoms with Crippen molar-refractivity contribution in [2.24, 2.45) is 0 Å². The van der Waals surface area contributed by atoms with Crippen LogP contribution in [-0.4, -0.2) is 16.5 Å². The van der Waals surface area contributed by atoms with Crippen molar-refractivity contribution in [3.05, 3.63) is 95.1 Å². The number of phenolic OH excluding ortho intramolecular Hbond substituents is 2. The Kier molecular flexibility index (Phi) is 6.28. The number of unbranched alkanes of at least 4 members (excludes halogenated alkanes) is 1. The third-order valence-corrected chi connectivity index (χ3v) is 4.79. The van der Waals surface area contributed by atoms with E-state index in [0.717, 1.165) is 47.8 Å². The van der Waals surface area contributed by atoms with Gasteiger partial charge in [-0.25, -0.2) is 0 Å². The van der Waals surface area contributed by atoms with Crippen molar-refractivity contribution < 1.29 is 15.0 Å². The van der Waals surface area contributed by atoms with Gasteiger partial charge in [-0.15, -0.1) is 0 Å². The second-order valence-electron chi connectivity index (χ2n) is 6.79. The lowest BCUT2D eigenvalue weighted by molar-refractivity contribution is 0.112. The molecule has 0 aliphatic carbocycles. The first-order valence-corrected chi connectivity index (χ1v) is 9.50. The fourth-order valence-corrected chi connectivity index (χ4v) is 3.30. The highest BCUT2D eigenvalue weighted by atomic mass is 16.3. The van der Waals surface area contributed by atoms with Gasteiger partial charge in [0.15, 0.2) is 0 Å². The topological polar surface area (TPSA) is 57.5 Å². The van der Waals surface area contributed by atoms with E-state index >= 15 is 0 Å². The molecule has 3 rings (SSSR count). The first kappa shape index (κ1) is 19.4. The average molecular weight is 372 g/mol. The summed E-state index contributed by atoms with van der Waals surface area (Å²) >= 11 is 0. The molecule has 2 N–H and O–H groups in total. The van der Waals surface area contributed by atoms with Crippen LogP contribution in [0, 0.1) is 0 Å². The lowest BCUT2D eigenvalue weighted by Gasteiger charge is -2.18. The monoisotopic (exact) mass is 372 g/mol. The molecule has 3 nitrogen and oxygen atoms in total. The first-order valence-electron chi connectivity index (χ1n) is 9.50. The molecule has 0 aromatic heterocycles. The van der Waals surface area contributed by atoms with Crippen LogP contribution >= 0.6 is 0 Å². The van der Waals surface area contributed by atoms with Crippen LogP contribution in [0.15, 0.2) is 72.8 Å². The van der Waals surface area contributed by atoms with Gasteiger partial charge in [-0.05, 0) is 64.9 Å². The van der Waals surface area contributed by atoms with Crippen LogP contribution < -0.4 is 0 Å². The Hall–Kier alpha value is -3.33. The molecule has 0 atom stereocenters. The second-order valence-corrected chi connectivity index (χ2v) is 6.79. The molecule has 28 heavy (non-hydrogen) atoms. The van der Waals surface area contributed by atoms with E-state index in [1.807, 2.05) is 48.5 Å². The molecule has 0 aliphatic rings. The highest BCUT2D eigenvalue weighted by Crippen LogP contribution is 2.36. The van der Waals surface area contributed by atoms with Crippen molar-refractivity contribution >= 4 is 17.4 Å². The SMILES string of the molecule is CCCCC(=C(c1ccc(O)cc1)c1ccc(O)cc1)c1ccc(C=O)cc1. The lowest BCUT2D eigenvalue weighted by Crippen LogP contribution is -1.96. The van der Waals surface area contributed by atoms with Gasteiger partial charge in [0.25, 0.3) is 0 Å². The van der Waals surface area contributed by atoms with E-state index in [0.29, 0.717) is 5.56 Å². The van der Waals surface area contributed by atoms with Gasteiger partial charge in [0, 0.05) is 5.56 Å². The largest absolute Gasteiger partial charge is 0.508 e.